The normalized spacial score (nSPS) is 10.2. The highest BCUT2D eigenvalue weighted by Crippen LogP contribution is 2.11. The van der Waals surface area contributed by atoms with Gasteiger partial charge in [0, 0.05) is 17.2 Å². The number of pyridine rings is 1. The van der Waals surface area contributed by atoms with Crippen LogP contribution in [-0.2, 0) is 0 Å². The third kappa shape index (κ3) is 2.82. The number of hydrogen-bond acceptors (Lipinski definition) is 3. The highest BCUT2D eigenvalue weighted by molar-refractivity contribution is 9.10. The van der Waals surface area contributed by atoms with E-state index in [4.69, 9.17) is 0 Å². The van der Waals surface area contributed by atoms with E-state index in [1.54, 1.807) is 22.9 Å². The third-order valence-electron chi connectivity index (χ3n) is 1.93. The number of nitrogens with zero attached hydrogens (tertiary/aromatic N) is 3. The predicted octanol–water partition coefficient (Wildman–Crippen LogP) is 1.80. The van der Waals surface area contributed by atoms with Gasteiger partial charge in [-0.2, -0.15) is 4.98 Å². The molecule has 6 nitrogen and oxygen atoms in total. The maximum atomic E-state index is 11.3. The number of aromatic nitrogens is 3. The summed E-state index contributed by atoms with van der Waals surface area (Å²) in [6.07, 6.45) is 3.35. The van der Waals surface area contributed by atoms with Crippen LogP contribution in [0.4, 0.5) is 10.7 Å². The average Bonchev–Trinajstić information content (AvgIpc) is 2.67. The first kappa shape index (κ1) is 11.6. The van der Waals surface area contributed by atoms with E-state index in [9.17, 15) is 4.79 Å². The average molecular weight is 296 g/mol. The van der Waals surface area contributed by atoms with Gasteiger partial charge >= 0.3 is 6.03 Å². The zero-order valence-corrected chi connectivity index (χ0v) is 10.4. The van der Waals surface area contributed by atoms with Crippen LogP contribution in [0.2, 0.25) is 0 Å². The molecule has 7 heteroatoms. The molecule has 2 heterocycles. The maximum absolute atomic E-state index is 11.3. The van der Waals surface area contributed by atoms with E-state index in [2.05, 4.69) is 43.2 Å². The Balaban J connectivity index is 2.14. The van der Waals surface area contributed by atoms with E-state index in [0.29, 0.717) is 12.2 Å². The van der Waals surface area contributed by atoms with Gasteiger partial charge in [0.15, 0.2) is 5.65 Å². The monoisotopic (exact) mass is 295 g/mol. The van der Waals surface area contributed by atoms with Crippen molar-refractivity contribution >= 4 is 33.6 Å². The van der Waals surface area contributed by atoms with E-state index < -0.39 is 0 Å². The Bertz CT molecular complexity index is 565. The van der Waals surface area contributed by atoms with Crippen molar-refractivity contribution in [2.45, 2.75) is 0 Å². The van der Waals surface area contributed by atoms with Gasteiger partial charge in [-0.05, 0) is 28.1 Å². The fraction of sp³-hybridized carbons (Fsp3) is 0.100. The number of amides is 2. The summed E-state index contributed by atoms with van der Waals surface area (Å²) >= 11 is 3.33. The smallest absolute Gasteiger partial charge is 0.321 e. The Kier molecular flexibility index (Phi) is 3.38. The van der Waals surface area contributed by atoms with Crippen LogP contribution in [0.15, 0.2) is 35.5 Å². The molecule has 0 saturated heterocycles. The van der Waals surface area contributed by atoms with Gasteiger partial charge in [0.2, 0.25) is 0 Å². The number of halogens is 1. The Labute approximate surface area is 106 Å². The second kappa shape index (κ2) is 4.96. The molecule has 0 bridgehead atoms. The Morgan fingerprint density at radius 2 is 2.41 bits per heavy atom. The molecule has 17 heavy (non-hydrogen) atoms. The molecule has 0 aliphatic carbocycles. The minimum Gasteiger partial charge on any atom is -0.334 e. The maximum Gasteiger partial charge on any atom is 0.321 e. The second-order valence-electron chi connectivity index (χ2n) is 3.21. The molecular formula is C10H10BrN5O. The fourth-order valence-corrected chi connectivity index (χ4v) is 1.55. The van der Waals surface area contributed by atoms with Crippen molar-refractivity contribution in [2.24, 2.45) is 0 Å². The van der Waals surface area contributed by atoms with Gasteiger partial charge < -0.3 is 5.32 Å². The van der Waals surface area contributed by atoms with E-state index >= 15 is 0 Å². The molecule has 0 fully saturated rings. The number of urea groups is 1. The molecule has 0 aliphatic heterocycles. The lowest BCUT2D eigenvalue weighted by molar-refractivity contribution is 0.253. The van der Waals surface area contributed by atoms with E-state index in [1.165, 1.54) is 0 Å². The van der Waals surface area contributed by atoms with Crippen LogP contribution in [0.3, 0.4) is 0 Å². The van der Waals surface area contributed by atoms with Crippen molar-refractivity contribution < 1.29 is 4.79 Å². The van der Waals surface area contributed by atoms with Gasteiger partial charge in [-0.25, -0.2) is 9.31 Å². The number of hydrogen-bond donors (Lipinski definition) is 2. The molecule has 0 saturated carbocycles. The summed E-state index contributed by atoms with van der Waals surface area (Å²) in [6, 6.07) is 3.29. The first-order valence-electron chi connectivity index (χ1n) is 4.87. The van der Waals surface area contributed by atoms with Gasteiger partial charge in [0.25, 0.3) is 5.95 Å². The molecule has 0 aromatic carbocycles. The summed E-state index contributed by atoms with van der Waals surface area (Å²) in [5.74, 6) is 0.254. The third-order valence-corrected chi connectivity index (χ3v) is 2.40. The lowest BCUT2D eigenvalue weighted by atomic mass is 10.5. The van der Waals surface area contributed by atoms with Gasteiger partial charge in [-0.1, -0.05) is 6.08 Å². The Hall–Kier alpha value is -1.89. The van der Waals surface area contributed by atoms with Crippen molar-refractivity contribution in [3.05, 3.63) is 35.5 Å². The van der Waals surface area contributed by atoms with Crippen LogP contribution in [0.1, 0.15) is 0 Å². The van der Waals surface area contributed by atoms with Crippen molar-refractivity contribution in [3.63, 3.8) is 0 Å². The Morgan fingerprint density at radius 1 is 1.59 bits per heavy atom. The first-order valence-corrected chi connectivity index (χ1v) is 5.66. The summed E-state index contributed by atoms with van der Waals surface area (Å²) in [5, 5.41) is 9.20. The van der Waals surface area contributed by atoms with Crippen LogP contribution < -0.4 is 10.6 Å². The molecule has 88 valence electrons. The molecular weight excluding hydrogens is 286 g/mol. The largest absolute Gasteiger partial charge is 0.334 e. The van der Waals surface area contributed by atoms with Crippen molar-refractivity contribution in [1.29, 1.82) is 0 Å². The molecule has 0 radical (unpaired) electrons. The molecule has 2 rings (SSSR count). The molecule has 2 aromatic heterocycles. The van der Waals surface area contributed by atoms with Crippen molar-refractivity contribution in [1.82, 2.24) is 19.9 Å². The van der Waals surface area contributed by atoms with Crippen LogP contribution in [-0.4, -0.2) is 27.2 Å². The minimum absolute atomic E-state index is 0.254. The summed E-state index contributed by atoms with van der Waals surface area (Å²) in [5.41, 5.74) is 0.659. The molecule has 2 N–H and O–H groups in total. The number of carbonyl (C=O) groups is 1. The molecule has 0 spiro atoms. The van der Waals surface area contributed by atoms with Crippen molar-refractivity contribution in [3.8, 4) is 0 Å². The topological polar surface area (TPSA) is 71.3 Å². The molecule has 2 amide bonds. The predicted molar refractivity (Wildman–Crippen MR) is 67.9 cm³/mol. The van der Waals surface area contributed by atoms with Gasteiger partial charge in [-0.3, -0.25) is 5.32 Å². The molecule has 0 aliphatic rings. The van der Waals surface area contributed by atoms with Gasteiger partial charge in [0.05, 0.1) is 0 Å². The van der Waals surface area contributed by atoms with Gasteiger partial charge in [-0.15, -0.1) is 11.7 Å². The van der Waals surface area contributed by atoms with E-state index in [-0.39, 0.29) is 12.0 Å². The summed E-state index contributed by atoms with van der Waals surface area (Å²) in [7, 11) is 0. The van der Waals surface area contributed by atoms with Gasteiger partial charge in [0.1, 0.15) is 0 Å². The number of rotatable bonds is 3. The minimum atomic E-state index is -0.361. The number of nitrogens with one attached hydrogen (secondary N) is 2. The zero-order chi connectivity index (χ0) is 12.3. The van der Waals surface area contributed by atoms with Crippen molar-refractivity contribution in [2.75, 3.05) is 11.9 Å². The number of fused-ring (bicyclic) bond motifs is 1. The highest BCUT2D eigenvalue weighted by atomic mass is 79.9. The van der Waals surface area contributed by atoms with Crippen LogP contribution in [0.25, 0.3) is 5.65 Å². The Morgan fingerprint density at radius 3 is 3.18 bits per heavy atom. The number of carbonyl (C=O) groups excluding carboxylic acids is 1. The summed E-state index contributed by atoms with van der Waals surface area (Å²) < 4.78 is 2.46. The highest BCUT2D eigenvalue weighted by Gasteiger charge is 2.06. The second-order valence-corrected chi connectivity index (χ2v) is 4.12. The lowest BCUT2D eigenvalue weighted by Crippen LogP contribution is -2.29. The van der Waals surface area contributed by atoms with Crippen LogP contribution in [0, 0.1) is 0 Å². The number of anilines is 1. The zero-order valence-electron chi connectivity index (χ0n) is 8.85. The van der Waals surface area contributed by atoms with E-state index in [1.807, 2.05) is 6.07 Å². The first-order chi connectivity index (χ1) is 8.19. The van der Waals surface area contributed by atoms with E-state index in [0.717, 1.165) is 4.47 Å². The summed E-state index contributed by atoms with van der Waals surface area (Å²) in [6.45, 7) is 3.89. The summed E-state index contributed by atoms with van der Waals surface area (Å²) in [4.78, 5) is 15.5. The quantitative estimate of drug-likeness (QED) is 0.848. The molecule has 2 aromatic rings. The lowest BCUT2D eigenvalue weighted by Gasteiger charge is -2.00. The molecule has 0 atom stereocenters. The van der Waals surface area contributed by atoms with Crippen LogP contribution in [0.5, 0.6) is 0 Å². The standard InChI is InChI=1S/C10H10BrN5O/c1-2-5-12-10(17)14-9-13-8-4-3-7(11)6-16(8)15-9/h2-4,6H,1,5H2,(H2,12,14,15,17). The SMILES string of the molecule is C=CCNC(=O)Nc1nc2ccc(Br)cn2n1. The fourth-order valence-electron chi connectivity index (χ4n) is 1.22. The molecule has 0 unspecified atom stereocenters. The van der Waals surface area contributed by atoms with Crippen LogP contribution >= 0.6 is 15.9 Å².